The molecule has 1 N–H and O–H groups in total. The van der Waals surface area contributed by atoms with Crippen molar-refractivity contribution in [2.24, 2.45) is 5.92 Å². The molecule has 1 fully saturated rings. The topological polar surface area (TPSA) is 21.3 Å². The lowest BCUT2D eigenvalue weighted by Crippen LogP contribution is -2.17. The van der Waals surface area contributed by atoms with Crippen LogP contribution in [0.2, 0.25) is 0 Å². The number of hydrogen-bond donors (Lipinski definition) is 1. The predicted molar refractivity (Wildman–Crippen MR) is 66.9 cm³/mol. The van der Waals surface area contributed by atoms with Crippen molar-refractivity contribution in [2.45, 2.75) is 39.8 Å². The quantitative estimate of drug-likeness (QED) is 0.840. The smallest absolute Gasteiger partial charge is 0.124 e. The van der Waals surface area contributed by atoms with Crippen molar-refractivity contribution in [2.75, 3.05) is 7.11 Å². The third-order valence-electron chi connectivity index (χ3n) is 3.40. The Kier molecular flexibility index (Phi) is 3.20. The van der Waals surface area contributed by atoms with E-state index in [1.807, 2.05) is 0 Å². The Morgan fingerprint density at radius 1 is 1.31 bits per heavy atom. The van der Waals surface area contributed by atoms with E-state index in [0.29, 0.717) is 0 Å². The zero-order chi connectivity index (χ0) is 11.7. The van der Waals surface area contributed by atoms with E-state index in [4.69, 9.17) is 4.74 Å². The first kappa shape index (κ1) is 11.5. The van der Waals surface area contributed by atoms with Gasteiger partial charge in [-0.15, -0.1) is 0 Å². The molecule has 0 aliphatic heterocycles. The van der Waals surface area contributed by atoms with Crippen molar-refractivity contribution >= 4 is 0 Å². The summed E-state index contributed by atoms with van der Waals surface area (Å²) in [6, 6.07) is 5.17. The Balaban J connectivity index is 2.04. The Morgan fingerprint density at radius 2 is 1.88 bits per heavy atom. The number of nitrogens with one attached hydrogen (secondary N) is 1. The Morgan fingerprint density at radius 3 is 2.31 bits per heavy atom. The zero-order valence-corrected chi connectivity index (χ0v) is 10.6. The second-order valence-corrected chi connectivity index (χ2v) is 4.96. The fraction of sp³-hybridized carbons (Fsp3) is 0.571. The second kappa shape index (κ2) is 4.46. The van der Waals surface area contributed by atoms with E-state index in [1.165, 1.54) is 23.1 Å². The molecule has 0 bridgehead atoms. The average molecular weight is 219 g/mol. The molecule has 0 aromatic heterocycles. The molecular weight excluding hydrogens is 198 g/mol. The van der Waals surface area contributed by atoms with E-state index in [-0.39, 0.29) is 0 Å². The molecule has 1 saturated carbocycles. The van der Waals surface area contributed by atoms with Crippen molar-refractivity contribution in [3.63, 3.8) is 0 Å². The summed E-state index contributed by atoms with van der Waals surface area (Å²) in [6.45, 7) is 7.48. The highest BCUT2D eigenvalue weighted by atomic mass is 16.5. The number of ether oxygens (including phenoxy) is 1. The van der Waals surface area contributed by atoms with Crippen LogP contribution in [0.4, 0.5) is 0 Å². The first-order chi connectivity index (χ1) is 7.61. The summed E-state index contributed by atoms with van der Waals surface area (Å²) in [5.41, 5.74) is 3.81. The van der Waals surface area contributed by atoms with Crippen LogP contribution in [0.15, 0.2) is 12.1 Å². The highest BCUT2D eigenvalue weighted by Gasteiger charge is 2.31. The largest absolute Gasteiger partial charge is 0.496 e. The Labute approximate surface area is 98.0 Å². The predicted octanol–water partition coefficient (Wildman–Crippen LogP) is 2.81. The molecule has 0 spiro atoms. The Hall–Kier alpha value is -1.02. The van der Waals surface area contributed by atoms with E-state index in [9.17, 15) is 0 Å². The van der Waals surface area contributed by atoms with Gasteiger partial charge < -0.3 is 10.1 Å². The van der Waals surface area contributed by atoms with Gasteiger partial charge in [-0.2, -0.15) is 0 Å². The number of rotatable bonds is 4. The summed E-state index contributed by atoms with van der Waals surface area (Å²) in [7, 11) is 1.74. The van der Waals surface area contributed by atoms with Crippen LogP contribution in [-0.2, 0) is 6.54 Å². The molecule has 1 aliphatic carbocycles. The molecule has 1 aliphatic rings. The molecule has 2 nitrogen and oxygen atoms in total. The van der Waals surface area contributed by atoms with Gasteiger partial charge in [-0.25, -0.2) is 0 Å². The summed E-state index contributed by atoms with van der Waals surface area (Å²) >= 11 is 0. The lowest BCUT2D eigenvalue weighted by molar-refractivity contribution is 0.408. The molecule has 0 heterocycles. The molecule has 16 heavy (non-hydrogen) atoms. The molecule has 2 atom stereocenters. The van der Waals surface area contributed by atoms with Gasteiger partial charge in [0, 0.05) is 12.6 Å². The van der Waals surface area contributed by atoms with Gasteiger partial charge in [0.1, 0.15) is 5.75 Å². The minimum absolute atomic E-state index is 0.739. The molecule has 1 aromatic rings. The first-order valence-electron chi connectivity index (χ1n) is 5.99. The van der Waals surface area contributed by atoms with Crippen LogP contribution in [0.1, 0.15) is 30.0 Å². The normalized spacial score (nSPS) is 23.2. The van der Waals surface area contributed by atoms with Gasteiger partial charge in [-0.05, 0) is 42.9 Å². The van der Waals surface area contributed by atoms with E-state index < -0.39 is 0 Å². The maximum absolute atomic E-state index is 5.37. The number of hydrogen-bond acceptors (Lipinski definition) is 2. The second-order valence-electron chi connectivity index (χ2n) is 4.96. The standard InChI is InChI=1S/C14H21NO/c1-9-7-13(9)15-8-12-5-10(2)14(16-4)11(3)6-12/h5-6,9,13,15H,7-8H2,1-4H3. The van der Waals surface area contributed by atoms with E-state index >= 15 is 0 Å². The summed E-state index contributed by atoms with van der Waals surface area (Å²) < 4.78 is 5.37. The number of aryl methyl sites for hydroxylation is 2. The van der Waals surface area contributed by atoms with Crippen LogP contribution >= 0.6 is 0 Å². The van der Waals surface area contributed by atoms with Gasteiger partial charge in [0.15, 0.2) is 0 Å². The van der Waals surface area contributed by atoms with Crippen LogP contribution in [0.5, 0.6) is 5.75 Å². The van der Waals surface area contributed by atoms with Gasteiger partial charge in [0.2, 0.25) is 0 Å². The zero-order valence-electron chi connectivity index (χ0n) is 10.6. The lowest BCUT2D eigenvalue weighted by atomic mass is 10.1. The van der Waals surface area contributed by atoms with Gasteiger partial charge >= 0.3 is 0 Å². The molecule has 0 radical (unpaired) electrons. The van der Waals surface area contributed by atoms with E-state index in [0.717, 1.165) is 24.3 Å². The number of benzene rings is 1. The van der Waals surface area contributed by atoms with Gasteiger partial charge in [0.25, 0.3) is 0 Å². The molecule has 0 saturated heterocycles. The van der Waals surface area contributed by atoms with Gasteiger partial charge in [0.05, 0.1) is 7.11 Å². The lowest BCUT2D eigenvalue weighted by Gasteiger charge is -2.11. The van der Waals surface area contributed by atoms with Crippen molar-refractivity contribution in [3.8, 4) is 5.75 Å². The average Bonchev–Trinajstić information content (AvgIpc) is 2.91. The van der Waals surface area contributed by atoms with E-state index in [1.54, 1.807) is 7.11 Å². The highest BCUT2D eigenvalue weighted by molar-refractivity contribution is 5.43. The van der Waals surface area contributed by atoms with Crippen LogP contribution in [-0.4, -0.2) is 13.2 Å². The van der Waals surface area contributed by atoms with Gasteiger partial charge in [-0.3, -0.25) is 0 Å². The summed E-state index contributed by atoms with van der Waals surface area (Å²) in [5, 5.41) is 3.57. The van der Waals surface area contributed by atoms with Crippen molar-refractivity contribution < 1.29 is 4.74 Å². The molecule has 2 rings (SSSR count). The first-order valence-corrected chi connectivity index (χ1v) is 5.99. The maximum atomic E-state index is 5.37. The maximum Gasteiger partial charge on any atom is 0.124 e. The van der Waals surface area contributed by atoms with Crippen molar-refractivity contribution in [1.29, 1.82) is 0 Å². The molecule has 2 heteroatoms. The van der Waals surface area contributed by atoms with Crippen LogP contribution < -0.4 is 10.1 Å². The Bertz CT molecular complexity index is 363. The summed E-state index contributed by atoms with van der Waals surface area (Å²) in [5.74, 6) is 1.88. The number of methoxy groups -OCH3 is 1. The summed E-state index contributed by atoms with van der Waals surface area (Å²) in [6.07, 6.45) is 1.33. The van der Waals surface area contributed by atoms with Crippen LogP contribution in [0.25, 0.3) is 0 Å². The van der Waals surface area contributed by atoms with Gasteiger partial charge in [-0.1, -0.05) is 19.1 Å². The SMILES string of the molecule is COc1c(C)cc(CNC2CC2C)cc1C. The molecule has 0 amide bonds. The van der Waals surface area contributed by atoms with Crippen LogP contribution in [0.3, 0.4) is 0 Å². The van der Waals surface area contributed by atoms with Crippen molar-refractivity contribution in [3.05, 3.63) is 28.8 Å². The molecule has 2 unspecified atom stereocenters. The van der Waals surface area contributed by atoms with Crippen LogP contribution in [0, 0.1) is 19.8 Å². The third kappa shape index (κ3) is 2.38. The summed E-state index contributed by atoms with van der Waals surface area (Å²) in [4.78, 5) is 0. The fourth-order valence-electron chi connectivity index (χ4n) is 2.32. The molecule has 1 aromatic carbocycles. The highest BCUT2D eigenvalue weighted by Crippen LogP contribution is 2.30. The third-order valence-corrected chi connectivity index (χ3v) is 3.40. The van der Waals surface area contributed by atoms with Crippen molar-refractivity contribution in [1.82, 2.24) is 5.32 Å². The minimum atomic E-state index is 0.739. The van der Waals surface area contributed by atoms with E-state index in [2.05, 4.69) is 38.2 Å². The molecule has 88 valence electrons. The monoisotopic (exact) mass is 219 g/mol. The fourth-order valence-corrected chi connectivity index (χ4v) is 2.32. The minimum Gasteiger partial charge on any atom is -0.496 e. The molecular formula is C14H21NO.